The number of rotatable bonds is 5. The quantitative estimate of drug-likeness (QED) is 0.503. The lowest BCUT2D eigenvalue weighted by atomic mass is 9.91. The first-order chi connectivity index (χ1) is 14.8. The molecule has 0 unspecified atom stereocenters. The zero-order valence-electron chi connectivity index (χ0n) is 16.6. The number of fused-ring (bicyclic) bond motifs is 1. The fourth-order valence-electron chi connectivity index (χ4n) is 3.93. The molecule has 3 heterocycles. The van der Waals surface area contributed by atoms with Crippen LogP contribution in [-0.2, 0) is 6.61 Å². The zero-order chi connectivity index (χ0) is 20.3. The molecule has 2 N–H and O–H groups in total. The third-order valence-electron chi connectivity index (χ3n) is 5.61. The SMILES string of the molecule is Fc1cc(-c2nc3ncc(C4CCNCC4)cc3[nH]2)ccc1OCc1ccccc1. The van der Waals surface area contributed by atoms with Gasteiger partial charge in [0.1, 0.15) is 12.4 Å². The summed E-state index contributed by atoms with van der Waals surface area (Å²) >= 11 is 0. The third kappa shape index (κ3) is 3.91. The molecule has 0 atom stereocenters. The second-order valence-electron chi connectivity index (χ2n) is 7.67. The molecule has 4 aromatic rings. The van der Waals surface area contributed by atoms with Gasteiger partial charge in [0.25, 0.3) is 0 Å². The van der Waals surface area contributed by atoms with Gasteiger partial charge in [-0.1, -0.05) is 30.3 Å². The molecular formula is C24H23FN4O. The Kier molecular flexibility index (Phi) is 5.15. The Labute approximate surface area is 174 Å². The average molecular weight is 402 g/mol. The van der Waals surface area contributed by atoms with Crippen LogP contribution in [0, 0.1) is 5.82 Å². The second-order valence-corrected chi connectivity index (χ2v) is 7.67. The molecule has 1 aliphatic rings. The summed E-state index contributed by atoms with van der Waals surface area (Å²) in [6.45, 7) is 2.40. The fraction of sp³-hybridized carbons (Fsp3) is 0.250. The standard InChI is InChI=1S/C24H23FN4O/c25-20-12-18(6-7-22(20)30-15-16-4-2-1-3-5-16)23-28-21-13-19(14-27-24(21)29-23)17-8-10-26-11-9-17/h1-7,12-14,17,26H,8-11,15H2,(H,27,28,29). The normalized spacial score (nSPS) is 14.8. The number of piperidine rings is 1. The van der Waals surface area contributed by atoms with Gasteiger partial charge in [-0.05, 0) is 67.2 Å². The average Bonchev–Trinajstić information content (AvgIpc) is 3.23. The van der Waals surface area contributed by atoms with Crippen LogP contribution in [0.1, 0.15) is 29.9 Å². The van der Waals surface area contributed by atoms with E-state index in [1.807, 2.05) is 42.6 Å². The van der Waals surface area contributed by atoms with Gasteiger partial charge in [-0.25, -0.2) is 14.4 Å². The molecule has 1 aliphatic heterocycles. The molecule has 1 saturated heterocycles. The van der Waals surface area contributed by atoms with Crippen LogP contribution in [0.4, 0.5) is 4.39 Å². The van der Waals surface area contributed by atoms with E-state index in [9.17, 15) is 4.39 Å². The summed E-state index contributed by atoms with van der Waals surface area (Å²) in [7, 11) is 0. The number of H-pyrrole nitrogens is 1. The van der Waals surface area contributed by atoms with Crippen molar-refractivity contribution in [2.45, 2.75) is 25.4 Å². The van der Waals surface area contributed by atoms with Crippen LogP contribution in [0.5, 0.6) is 5.75 Å². The van der Waals surface area contributed by atoms with Crippen LogP contribution in [0.2, 0.25) is 0 Å². The van der Waals surface area contributed by atoms with Crippen LogP contribution < -0.4 is 10.1 Å². The number of aromatic nitrogens is 3. The van der Waals surface area contributed by atoms with Gasteiger partial charge in [0.15, 0.2) is 17.2 Å². The molecule has 152 valence electrons. The van der Waals surface area contributed by atoms with Gasteiger partial charge < -0.3 is 15.0 Å². The summed E-state index contributed by atoms with van der Waals surface area (Å²) in [5, 5.41) is 3.39. The van der Waals surface area contributed by atoms with E-state index in [1.165, 1.54) is 11.6 Å². The number of nitrogens with zero attached hydrogens (tertiary/aromatic N) is 2. The van der Waals surface area contributed by atoms with Crippen LogP contribution in [-0.4, -0.2) is 28.0 Å². The first-order valence-corrected chi connectivity index (χ1v) is 10.3. The maximum Gasteiger partial charge on any atom is 0.178 e. The number of halogens is 1. The van der Waals surface area contributed by atoms with Gasteiger partial charge in [0.2, 0.25) is 0 Å². The van der Waals surface area contributed by atoms with E-state index in [4.69, 9.17) is 4.74 Å². The van der Waals surface area contributed by atoms with E-state index in [1.54, 1.807) is 6.07 Å². The highest BCUT2D eigenvalue weighted by Crippen LogP contribution is 2.29. The van der Waals surface area contributed by atoms with E-state index in [2.05, 4.69) is 26.3 Å². The highest BCUT2D eigenvalue weighted by molar-refractivity contribution is 5.76. The van der Waals surface area contributed by atoms with Gasteiger partial charge >= 0.3 is 0 Å². The van der Waals surface area contributed by atoms with Gasteiger partial charge in [-0.15, -0.1) is 0 Å². The Morgan fingerprint density at radius 2 is 1.87 bits per heavy atom. The summed E-state index contributed by atoms with van der Waals surface area (Å²) < 4.78 is 20.2. The van der Waals surface area contributed by atoms with Gasteiger partial charge in [-0.3, -0.25) is 0 Å². The topological polar surface area (TPSA) is 62.8 Å². The van der Waals surface area contributed by atoms with E-state index < -0.39 is 5.82 Å². The predicted molar refractivity (Wildman–Crippen MR) is 115 cm³/mol. The van der Waals surface area contributed by atoms with E-state index in [-0.39, 0.29) is 5.75 Å². The Hall–Kier alpha value is -3.25. The van der Waals surface area contributed by atoms with Crippen LogP contribution >= 0.6 is 0 Å². The van der Waals surface area contributed by atoms with Gasteiger partial charge in [-0.2, -0.15) is 0 Å². The molecule has 5 rings (SSSR count). The summed E-state index contributed by atoms with van der Waals surface area (Å²) in [4.78, 5) is 12.4. The van der Waals surface area contributed by atoms with E-state index in [0.717, 1.165) is 37.0 Å². The van der Waals surface area contributed by atoms with Crippen LogP contribution in [0.25, 0.3) is 22.6 Å². The fourth-order valence-corrected chi connectivity index (χ4v) is 3.93. The third-order valence-corrected chi connectivity index (χ3v) is 5.61. The summed E-state index contributed by atoms with van der Waals surface area (Å²) in [5.41, 5.74) is 4.42. The van der Waals surface area contributed by atoms with Gasteiger partial charge in [0.05, 0.1) is 5.52 Å². The zero-order valence-corrected chi connectivity index (χ0v) is 16.6. The van der Waals surface area contributed by atoms with Crippen molar-refractivity contribution in [1.82, 2.24) is 20.3 Å². The molecule has 1 fully saturated rings. The van der Waals surface area contributed by atoms with Crippen molar-refractivity contribution < 1.29 is 9.13 Å². The number of benzene rings is 2. The minimum Gasteiger partial charge on any atom is -0.486 e. The number of ether oxygens (including phenoxy) is 1. The lowest BCUT2D eigenvalue weighted by Crippen LogP contribution is -2.26. The van der Waals surface area contributed by atoms with Crippen molar-refractivity contribution >= 4 is 11.2 Å². The largest absolute Gasteiger partial charge is 0.486 e. The predicted octanol–water partition coefficient (Wildman–Crippen LogP) is 4.81. The number of nitrogens with one attached hydrogen (secondary N) is 2. The maximum atomic E-state index is 14.6. The molecule has 0 bridgehead atoms. The Bertz CT molecular complexity index is 1150. The molecule has 5 nitrogen and oxygen atoms in total. The summed E-state index contributed by atoms with van der Waals surface area (Å²) in [5.74, 6) is 0.944. The monoisotopic (exact) mass is 402 g/mol. The number of aromatic amines is 1. The number of hydrogen-bond donors (Lipinski definition) is 2. The summed E-state index contributed by atoms with van der Waals surface area (Å²) in [6.07, 6.45) is 4.15. The highest BCUT2D eigenvalue weighted by atomic mass is 19.1. The number of pyridine rings is 1. The molecule has 6 heteroatoms. The molecule has 30 heavy (non-hydrogen) atoms. The number of hydrogen-bond acceptors (Lipinski definition) is 4. The van der Waals surface area contributed by atoms with Crippen molar-refractivity contribution in [2.75, 3.05) is 13.1 Å². The smallest absolute Gasteiger partial charge is 0.178 e. The molecule has 0 amide bonds. The molecular weight excluding hydrogens is 379 g/mol. The molecule has 2 aromatic heterocycles. The lowest BCUT2D eigenvalue weighted by molar-refractivity contribution is 0.290. The van der Waals surface area contributed by atoms with Crippen LogP contribution in [0.3, 0.4) is 0 Å². The van der Waals surface area contributed by atoms with Crippen molar-refractivity contribution in [2.24, 2.45) is 0 Å². The van der Waals surface area contributed by atoms with Crippen molar-refractivity contribution in [1.29, 1.82) is 0 Å². The minimum absolute atomic E-state index is 0.227. The molecule has 0 spiro atoms. The maximum absolute atomic E-state index is 14.6. The Balaban J connectivity index is 1.36. The van der Waals surface area contributed by atoms with Crippen molar-refractivity contribution in [3.63, 3.8) is 0 Å². The second kappa shape index (κ2) is 8.24. The molecule has 0 aliphatic carbocycles. The molecule has 0 saturated carbocycles. The Morgan fingerprint density at radius 3 is 2.67 bits per heavy atom. The van der Waals surface area contributed by atoms with Crippen molar-refractivity contribution in [3.05, 3.63) is 77.7 Å². The first-order valence-electron chi connectivity index (χ1n) is 10.3. The number of imidazole rings is 1. The van der Waals surface area contributed by atoms with Crippen LogP contribution in [0.15, 0.2) is 60.8 Å². The van der Waals surface area contributed by atoms with E-state index >= 15 is 0 Å². The summed E-state index contributed by atoms with van der Waals surface area (Å²) in [6, 6.07) is 16.8. The lowest BCUT2D eigenvalue weighted by Gasteiger charge is -2.22. The Morgan fingerprint density at radius 1 is 1.03 bits per heavy atom. The first kappa shape index (κ1) is 18.8. The van der Waals surface area contributed by atoms with Gasteiger partial charge in [0, 0.05) is 11.8 Å². The van der Waals surface area contributed by atoms with E-state index in [0.29, 0.717) is 29.6 Å². The molecule has 2 aromatic carbocycles. The minimum atomic E-state index is -0.410. The molecule has 0 radical (unpaired) electrons. The highest BCUT2D eigenvalue weighted by Gasteiger charge is 2.17. The van der Waals surface area contributed by atoms with Crippen molar-refractivity contribution in [3.8, 4) is 17.1 Å².